The molecule has 2 N–H and O–H groups in total. The highest BCUT2D eigenvalue weighted by atomic mass is 16.5. The van der Waals surface area contributed by atoms with Crippen molar-refractivity contribution >= 4 is 5.96 Å². The SMILES string of the molecule is CCCCOCCOCCNC(=NC)NCC1CCCN1Cc1ccccc1. The number of nitrogens with one attached hydrogen (secondary N) is 2. The summed E-state index contributed by atoms with van der Waals surface area (Å²) in [4.78, 5) is 6.89. The molecule has 0 spiro atoms. The highest BCUT2D eigenvalue weighted by Crippen LogP contribution is 2.19. The van der Waals surface area contributed by atoms with Crippen molar-refractivity contribution in [1.82, 2.24) is 15.5 Å². The molecule has 0 aromatic heterocycles. The maximum Gasteiger partial charge on any atom is 0.191 e. The second-order valence-corrected chi connectivity index (χ2v) is 7.21. The van der Waals surface area contributed by atoms with Gasteiger partial charge in [0.2, 0.25) is 0 Å². The van der Waals surface area contributed by atoms with Crippen molar-refractivity contribution in [3.63, 3.8) is 0 Å². The number of aliphatic imine (C=N–C) groups is 1. The summed E-state index contributed by atoms with van der Waals surface area (Å²) in [5.74, 6) is 0.842. The summed E-state index contributed by atoms with van der Waals surface area (Å²) in [6.45, 7) is 8.82. The molecule has 1 atom stereocenters. The predicted octanol–water partition coefficient (Wildman–Crippen LogP) is 2.65. The molecular weight excluding hydrogens is 352 g/mol. The minimum absolute atomic E-state index is 0.551. The summed E-state index contributed by atoms with van der Waals surface area (Å²) < 4.78 is 11.1. The van der Waals surface area contributed by atoms with Crippen LogP contribution in [0.15, 0.2) is 35.3 Å². The Balaban J connectivity index is 1.57. The highest BCUT2D eigenvalue weighted by molar-refractivity contribution is 5.79. The Morgan fingerprint density at radius 2 is 1.89 bits per heavy atom. The van der Waals surface area contributed by atoms with E-state index in [1.54, 1.807) is 0 Å². The lowest BCUT2D eigenvalue weighted by molar-refractivity contribution is 0.0487. The van der Waals surface area contributed by atoms with Gasteiger partial charge < -0.3 is 20.1 Å². The molecule has 1 saturated heterocycles. The zero-order chi connectivity index (χ0) is 19.9. The first-order valence-electron chi connectivity index (χ1n) is 10.7. The Morgan fingerprint density at radius 3 is 2.64 bits per heavy atom. The van der Waals surface area contributed by atoms with Crippen molar-refractivity contribution in [2.45, 2.75) is 45.2 Å². The van der Waals surface area contributed by atoms with Crippen molar-refractivity contribution in [1.29, 1.82) is 0 Å². The van der Waals surface area contributed by atoms with Gasteiger partial charge in [0.15, 0.2) is 5.96 Å². The van der Waals surface area contributed by atoms with Gasteiger partial charge in [0, 0.05) is 39.3 Å². The number of ether oxygens (including phenoxy) is 2. The molecule has 1 heterocycles. The summed E-state index contributed by atoms with van der Waals surface area (Å²) in [6, 6.07) is 11.3. The van der Waals surface area contributed by atoms with Crippen molar-refractivity contribution < 1.29 is 9.47 Å². The van der Waals surface area contributed by atoms with Gasteiger partial charge in [0.25, 0.3) is 0 Å². The number of benzene rings is 1. The number of hydrogen-bond acceptors (Lipinski definition) is 4. The number of nitrogens with zero attached hydrogens (tertiary/aromatic N) is 2. The molecule has 0 aliphatic carbocycles. The number of likely N-dealkylation sites (tertiary alicyclic amines) is 1. The Morgan fingerprint density at radius 1 is 1.11 bits per heavy atom. The van der Waals surface area contributed by atoms with Crippen LogP contribution in [-0.2, 0) is 16.0 Å². The average Bonchev–Trinajstić information content (AvgIpc) is 3.16. The molecule has 6 nitrogen and oxygen atoms in total. The Labute approximate surface area is 170 Å². The van der Waals surface area contributed by atoms with E-state index < -0.39 is 0 Å². The van der Waals surface area contributed by atoms with Crippen LogP contribution in [-0.4, -0.2) is 70.0 Å². The fourth-order valence-electron chi connectivity index (χ4n) is 3.40. The van der Waals surface area contributed by atoms with Crippen LogP contribution in [0.1, 0.15) is 38.2 Å². The molecule has 158 valence electrons. The minimum atomic E-state index is 0.551. The van der Waals surface area contributed by atoms with Crippen LogP contribution in [0.3, 0.4) is 0 Å². The molecule has 1 fully saturated rings. The van der Waals surface area contributed by atoms with E-state index >= 15 is 0 Å². The third kappa shape index (κ3) is 9.04. The van der Waals surface area contributed by atoms with E-state index in [1.807, 2.05) is 7.05 Å². The molecule has 1 unspecified atom stereocenters. The van der Waals surface area contributed by atoms with Crippen molar-refractivity contribution in [3.05, 3.63) is 35.9 Å². The Hall–Kier alpha value is -1.63. The lowest BCUT2D eigenvalue weighted by atomic mass is 10.2. The monoisotopic (exact) mass is 390 g/mol. The van der Waals surface area contributed by atoms with Crippen LogP contribution < -0.4 is 10.6 Å². The molecule has 28 heavy (non-hydrogen) atoms. The third-order valence-corrected chi connectivity index (χ3v) is 5.01. The average molecular weight is 391 g/mol. The van der Waals surface area contributed by atoms with Gasteiger partial charge in [0.1, 0.15) is 0 Å². The molecular formula is C22H38N4O2. The standard InChI is InChI=1S/C22H38N4O2/c1-3-4-14-27-16-17-28-15-12-24-22(23-2)25-18-21-11-8-13-26(21)19-20-9-6-5-7-10-20/h5-7,9-10,21H,3-4,8,11-19H2,1-2H3,(H2,23,24,25). The van der Waals surface area contributed by atoms with Gasteiger partial charge in [-0.1, -0.05) is 43.7 Å². The molecule has 0 amide bonds. The quantitative estimate of drug-likeness (QED) is 0.308. The van der Waals surface area contributed by atoms with Crippen LogP contribution in [0.25, 0.3) is 0 Å². The molecule has 0 saturated carbocycles. The van der Waals surface area contributed by atoms with Gasteiger partial charge in [0.05, 0.1) is 19.8 Å². The Kier molecular flexibility index (Phi) is 11.6. The zero-order valence-electron chi connectivity index (χ0n) is 17.7. The van der Waals surface area contributed by atoms with Crippen LogP contribution >= 0.6 is 0 Å². The summed E-state index contributed by atoms with van der Waals surface area (Å²) in [6.07, 6.45) is 4.78. The number of hydrogen-bond donors (Lipinski definition) is 2. The summed E-state index contributed by atoms with van der Waals surface area (Å²) >= 11 is 0. The van der Waals surface area contributed by atoms with E-state index in [-0.39, 0.29) is 0 Å². The van der Waals surface area contributed by atoms with E-state index in [2.05, 4.69) is 57.8 Å². The van der Waals surface area contributed by atoms with Gasteiger partial charge in [-0.3, -0.25) is 9.89 Å². The van der Waals surface area contributed by atoms with Gasteiger partial charge in [-0.05, 0) is 31.4 Å². The fraction of sp³-hybridized carbons (Fsp3) is 0.682. The predicted molar refractivity (Wildman–Crippen MR) is 116 cm³/mol. The molecule has 0 bridgehead atoms. The van der Waals surface area contributed by atoms with Crippen LogP contribution in [0.4, 0.5) is 0 Å². The number of guanidine groups is 1. The van der Waals surface area contributed by atoms with E-state index in [0.717, 1.165) is 38.6 Å². The summed E-state index contributed by atoms with van der Waals surface area (Å²) in [5, 5.41) is 6.79. The lowest BCUT2D eigenvalue weighted by Gasteiger charge is -2.25. The maximum atomic E-state index is 5.59. The molecule has 0 radical (unpaired) electrons. The molecule has 1 aliphatic heterocycles. The van der Waals surface area contributed by atoms with Gasteiger partial charge in [-0.25, -0.2) is 0 Å². The topological polar surface area (TPSA) is 58.1 Å². The molecule has 1 aliphatic rings. The van der Waals surface area contributed by atoms with Gasteiger partial charge in [-0.2, -0.15) is 0 Å². The van der Waals surface area contributed by atoms with Gasteiger partial charge in [-0.15, -0.1) is 0 Å². The summed E-state index contributed by atoms with van der Waals surface area (Å²) in [5.41, 5.74) is 1.38. The van der Waals surface area contributed by atoms with Crippen molar-refractivity contribution in [2.75, 3.05) is 53.1 Å². The van der Waals surface area contributed by atoms with E-state index in [4.69, 9.17) is 9.47 Å². The van der Waals surface area contributed by atoms with E-state index in [1.165, 1.54) is 31.4 Å². The largest absolute Gasteiger partial charge is 0.379 e. The van der Waals surface area contributed by atoms with Crippen LogP contribution in [0.5, 0.6) is 0 Å². The highest BCUT2D eigenvalue weighted by Gasteiger charge is 2.24. The van der Waals surface area contributed by atoms with E-state index in [9.17, 15) is 0 Å². The molecule has 6 heteroatoms. The van der Waals surface area contributed by atoms with E-state index in [0.29, 0.717) is 25.9 Å². The first-order chi connectivity index (χ1) is 13.8. The minimum Gasteiger partial charge on any atom is -0.379 e. The number of rotatable bonds is 13. The zero-order valence-corrected chi connectivity index (χ0v) is 17.7. The first kappa shape index (κ1) is 22.7. The smallest absolute Gasteiger partial charge is 0.191 e. The molecule has 1 aromatic rings. The third-order valence-electron chi connectivity index (χ3n) is 5.01. The Bertz CT molecular complexity index is 539. The molecule has 2 rings (SSSR count). The fourth-order valence-corrected chi connectivity index (χ4v) is 3.40. The second-order valence-electron chi connectivity index (χ2n) is 7.21. The first-order valence-corrected chi connectivity index (χ1v) is 10.7. The van der Waals surface area contributed by atoms with Crippen molar-refractivity contribution in [2.24, 2.45) is 4.99 Å². The van der Waals surface area contributed by atoms with Crippen LogP contribution in [0.2, 0.25) is 0 Å². The van der Waals surface area contributed by atoms with Gasteiger partial charge >= 0.3 is 0 Å². The number of unbranched alkanes of at least 4 members (excludes halogenated alkanes) is 1. The maximum absolute atomic E-state index is 5.59. The van der Waals surface area contributed by atoms with Crippen LogP contribution in [0, 0.1) is 0 Å². The summed E-state index contributed by atoms with van der Waals surface area (Å²) in [7, 11) is 1.81. The lowest BCUT2D eigenvalue weighted by Crippen LogP contribution is -2.45. The second kappa shape index (κ2) is 14.4. The molecule has 1 aromatic carbocycles. The normalized spacial score (nSPS) is 17.8. The van der Waals surface area contributed by atoms with Crippen molar-refractivity contribution in [3.8, 4) is 0 Å².